The second kappa shape index (κ2) is 8.97. The third kappa shape index (κ3) is 4.71. The summed E-state index contributed by atoms with van der Waals surface area (Å²) in [5, 5.41) is 14.5. The van der Waals surface area contributed by atoms with Crippen LogP contribution >= 0.6 is 27.5 Å². The molecule has 0 atom stereocenters. The van der Waals surface area contributed by atoms with Gasteiger partial charge in [0.1, 0.15) is 0 Å². The second-order valence-corrected chi connectivity index (χ2v) is 8.36. The summed E-state index contributed by atoms with van der Waals surface area (Å²) in [6.07, 6.45) is 2.03. The quantitative estimate of drug-likeness (QED) is 0.496. The van der Waals surface area contributed by atoms with E-state index in [4.69, 9.17) is 11.6 Å². The van der Waals surface area contributed by atoms with Gasteiger partial charge in [0.05, 0.1) is 11.4 Å². The zero-order valence-electron chi connectivity index (χ0n) is 15.9. The van der Waals surface area contributed by atoms with Gasteiger partial charge in [-0.2, -0.15) is 0 Å². The minimum atomic E-state index is -0.291. The number of nitrogens with zero attached hydrogens (tertiary/aromatic N) is 3. The number of carbonyl (C=O) groups excluding carboxylic acids is 2. The van der Waals surface area contributed by atoms with E-state index >= 15 is 0 Å². The molecule has 1 aliphatic carbocycles. The molecule has 0 radical (unpaired) electrons. The monoisotopic (exact) mass is 487 g/mol. The van der Waals surface area contributed by atoms with Gasteiger partial charge in [-0.15, -0.1) is 5.10 Å². The minimum absolute atomic E-state index is 0.222. The van der Waals surface area contributed by atoms with Crippen LogP contribution in [0.1, 0.15) is 45.3 Å². The first kappa shape index (κ1) is 20.6. The van der Waals surface area contributed by atoms with Gasteiger partial charge in [0.25, 0.3) is 11.8 Å². The molecule has 0 spiro atoms. The lowest BCUT2D eigenvalue weighted by Gasteiger charge is -2.09. The molecule has 1 saturated carbocycles. The van der Waals surface area contributed by atoms with Gasteiger partial charge in [-0.05, 0) is 61.4 Å². The zero-order chi connectivity index (χ0) is 21.1. The molecule has 1 aromatic heterocycles. The molecule has 0 saturated heterocycles. The normalized spacial score (nSPS) is 13.1. The molecule has 30 heavy (non-hydrogen) atoms. The number of aromatic nitrogens is 3. The Labute approximate surface area is 186 Å². The van der Waals surface area contributed by atoms with Gasteiger partial charge in [0.2, 0.25) is 0 Å². The van der Waals surface area contributed by atoms with E-state index < -0.39 is 0 Å². The Morgan fingerprint density at radius 2 is 1.63 bits per heavy atom. The maximum Gasteiger partial charge on any atom is 0.273 e. The predicted molar refractivity (Wildman–Crippen MR) is 117 cm³/mol. The molecule has 9 heteroatoms. The average Bonchev–Trinajstić information content (AvgIpc) is 3.50. The third-order valence-corrected chi connectivity index (χ3v) is 5.54. The van der Waals surface area contributed by atoms with Gasteiger partial charge < -0.3 is 10.6 Å². The first-order valence-corrected chi connectivity index (χ1v) is 10.7. The summed E-state index contributed by atoms with van der Waals surface area (Å²) < 4.78 is 2.71. The first-order valence-electron chi connectivity index (χ1n) is 9.56. The van der Waals surface area contributed by atoms with Crippen LogP contribution < -0.4 is 10.6 Å². The lowest BCUT2D eigenvalue weighted by Crippen LogP contribution is -2.35. The number of carbonyl (C=O) groups is 2. The smallest absolute Gasteiger partial charge is 0.273 e. The molecule has 154 valence electrons. The highest BCUT2D eigenvalue weighted by atomic mass is 79.9. The number of rotatable bonds is 7. The largest absolute Gasteiger partial charge is 0.350 e. The van der Waals surface area contributed by atoms with Crippen molar-refractivity contribution in [1.29, 1.82) is 0 Å². The Balaban J connectivity index is 1.37. The van der Waals surface area contributed by atoms with Crippen LogP contribution in [0.15, 0.2) is 53.0 Å². The van der Waals surface area contributed by atoms with E-state index in [-0.39, 0.29) is 24.3 Å². The number of amides is 2. The van der Waals surface area contributed by atoms with Crippen molar-refractivity contribution in [3.8, 4) is 5.69 Å². The SMILES string of the molecule is O=C(NCCNC(=O)c1nnn(-c2ccc(Br)cc2)c1C1CC1)c1ccc(Cl)cc1. The lowest BCUT2D eigenvalue weighted by atomic mass is 10.2. The van der Waals surface area contributed by atoms with E-state index in [0.717, 1.165) is 28.7 Å². The average molecular weight is 489 g/mol. The van der Waals surface area contributed by atoms with Crippen LogP contribution in [-0.2, 0) is 0 Å². The molecule has 7 nitrogen and oxygen atoms in total. The third-order valence-electron chi connectivity index (χ3n) is 4.76. The number of benzene rings is 2. The van der Waals surface area contributed by atoms with Crippen LogP contribution in [0.4, 0.5) is 0 Å². The molecule has 2 amide bonds. The van der Waals surface area contributed by atoms with Crippen LogP contribution in [0.5, 0.6) is 0 Å². The molecular weight excluding hydrogens is 470 g/mol. The van der Waals surface area contributed by atoms with Crippen LogP contribution in [0.25, 0.3) is 5.69 Å². The number of hydrogen-bond donors (Lipinski definition) is 2. The number of halogens is 2. The van der Waals surface area contributed by atoms with Gasteiger partial charge in [-0.25, -0.2) is 4.68 Å². The molecular formula is C21H19BrClN5O2. The summed E-state index contributed by atoms with van der Waals surface area (Å²) in [6, 6.07) is 14.3. The van der Waals surface area contributed by atoms with Crippen LogP contribution in [0.2, 0.25) is 5.02 Å². The Hall–Kier alpha value is -2.71. The summed E-state index contributed by atoms with van der Waals surface area (Å²) in [7, 11) is 0. The predicted octanol–water partition coefficient (Wildman–Crippen LogP) is 3.72. The van der Waals surface area contributed by atoms with E-state index in [1.54, 1.807) is 28.9 Å². The summed E-state index contributed by atoms with van der Waals surface area (Å²) in [4.78, 5) is 24.8. The van der Waals surface area contributed by atoms with Crippen molar-refractivity contribution in [1.82, 2.24) is 25.6 Å². The van der Waals surface area contributed by atoms with E-state index in [1.165, 1.54) is 0 Å². The molecule has 1 aliphatic rings. The summed E-state index contributed by atoms with van der Waals surface area (Å²) in [5.41, 5.74) is 2.55. The van der Waals surface area contributed by atoms with E-state index in [2.05, 4.69) is 36.9 Å². The molecule has 1 fully saturated rings. The highest BCUT2D eigenvalue weighted by Crippen LogP contribution is 2.42. The maximum atomic E-state index is 12.7. The minimum Gasteiger partial charge on any atom is -0.350 e. The molecule has 2 N–H and O–H groups in total. The van der Waals surface area contributed by atoms with Crippen molar-refractivity contribution < 1.29 is 9.59 Å². The van der Waals surface area contributed by atoms with Crippen molar-refractivity contribution in [2.45, 2.75) is 18.8 Å². The highest BCUT2D eigenvalue weighted by Gasteiger charge is 2.34. The Morgan fingerprint density at radius 3 is 2.27 bits per heavy atom. The standard InChI is InChI=1S/C21H19BrClN5O2/c22-15-5-9-17(10-6-15)28-19(13-1-2-13)18(26-27-28)21(30)25-12-11-24-20(29)14-3-7-16(23)8-4-14/h3-10,13H,1-2,11-12H2,(H,24,29)(H,25,30). The van der Waals surface area contributed by atoms with Gasteiger partial charge in [0.15, 0.2) is 5.69 Å². The summed E-state index contributed by atoms with van der Waals surface area (Å²) in [6.45, 7) is 0.584. The summed E-state index contributed by atoms with van der Waals surface area (Å²) >= 11 is 9.25. The van der Waals surface area contributed by atoms with E-state index in [1.807, 2.05) is 24.3 Å². The second-order valence-electron chi connectivity index (χ2n) is 7.00. The Bertz CT molecular complexity index is 1060. The molecule has 0 unspecified atom stereocenters. The molecule has 0 aliphatic heterocycles. The van der Waals surface area contributed by atoms with Crippen molar-refractivity contribution in [3.63, 3.8) is 0 Å². The Morgan fingerprint density at radius 1 is 1.00 bits per heavy atom. The fourth-order valence-corrected chi connectivity index (χ4v) is 3.48. The van der Waals surface area contributed by atoms with Crippen molar-refractivity contribution in [3.05, 3.63) is 75.0 Å². The Kier molecular flexibility index (Phi) is 6.15. The summed E-state index contributed by atoms with van der Waals surface area (Å²) in [5.74, 6) is -0.226. The van der Waals surface area contributed by atoms with Gasteiger partial charge >= 0.3 is 0 Å². The highest BCUT2D eigenvalue weighted by molar-refractivity contribution is 9.10. The van der Waals surface area contributed by atoms with Crippen LogP contribution in [0.3, 0.4) is 0 Å². The first-order chi connectivity index (χ1) is 14.5. The van der Waals surface area contributed by atoms with Gasteiger partial charge in [-0.3, -0.25) is 9.59 Å². The molecule has 0 bridgehead atoms. The van der Waals surface area contributed by atoms with Gasteiger partial charge in [0, 0.05) is 34.1 Å². The zero-order valence-corrected chi connectivity index (χ0v) is 18.3. The van der Waals surface area contributed by atoms with Crippen molar-refractivity contribution >= 4 is 39.3 Å². The van der Waals surface area contributed by atoms with Gasteiger partial charge in [-0.1, -0.05) is 32.7 Å². The van der Waals surface area contributed by atoms with Crippen molar-refractivity contribution in [2.75, 3.05) is 13.1 Å². The van der Waals surface area contributed by atoms with E-state index in [9.17, 15) is 9.59 Å². The molecule has 2 aromatic carbocycles. The fourth-order valence-electron chi connectivity index (χ4n) is 3.09. The number of hydrogen-bond acceptors (Lipinski definition) is 4. The van der Waals surface area contributed by atoms with Crippen LogP contribution in [-0.4, -0.2) is 39.9 Å². The van der Waals surface area contributed by atoms with Crippen LogP contribution in [0, 0.1) is 0 Å². The fraction of sp³-hybridized carbons (Fsp3) is 0.238. The van der Waals surface area contributed by atoms with Crippen molar-refractivity contribution in [2.24, 2.45) is 0 Å². The molecule has 1 heterocycles. The lowest BCUT2D eigenvalue weighted by molar-refractivity contribution is 0.0924. The topological polar surface area (TPSA) is 88.9 Å². The number of nitrogens with one attached hydrogen (secondary N) is 2. The maximum absolute atomic E-state index is 12.7. The molecule has 4 rings (SSSR count). The van der Waals surface area contributed by atoms with E-state index in [0.29, 0.717) is 22.8 Å². The molecule has 3 aromatic rings.